The van der Waals surface area contributed by atoms with Gasteiger partial charge >= 0.3 is 5.97 Å². The lowest BCUT2D eigenvalue weighted by molar-refractivity contribution is -0.00532. The Balaban J connectivity index is 2.46. The Hall–Kier alpha value is -1.46. The number of esters is 1. The zero-order valence-corrected chi connectivity index (χ0v) is 12.6. The van der Waals surface area contributed by atoms with Crippen LogP contribution in [0.4, 0.5) is 11.4 Å². The van der Waals surface area contributed by atoms with E-state index in [1.165, 1.54) is 7.11 Å². The lowest BCUT2D eigenvalue weighted by atomic mass is 10.1. The zero-order chi connectivity index (χ0) is 14.9. The first-order chi connectivity index (χ1) is 9.42. The van der Waals surface area contributed by atoms with E-state index in [4.69, 9.17) is 26.8 Å². The minimum Gasteiger partial charge on any atom is -0.465 e. The van der Waals surface area contributed by atoms with E-state index < -0.39 is 5.97 Å². The summed E-state index contributed by atoms with van der Waals surface area (Å²) in [7, 11) is 1.34. The Morgan fingerprint density at radius 1 is 1.40 bits per heavy atom. The first-order valence-corrected chi connectivity index (χ1v) is 6.88. The van der Waals surface area contributed by atoms with Crippen molar-refractivity contribution in [2.75, 3.05) is 30.8 Å². The standard InChI is InChI=1S/C14H19ClN2O3/c1-8-6-17(7-9(2)20-8)13-11(14(18)19-3)4-10(16)5-12(13)15/h4-5,8-9H,6-7,16H2,1-3H3/t8-,9+. The summed E-state index contributed by atoms with van der Waals surface area (Å²) in [5.74, 6) is -0.444. The van der Waals surface area contributed by atoms with Gasteiger partial charge in [0.1, 0.15) is 0 Å². The van der Waals surface area contributed by atoms with Crippen LogP contribution in [-0.2, 0) is 9.47 Å². The van der Waals surface area contributed by atoms with Gasteiger partial charge in [-0.05, 0) is 26.0 Å². The highest BCUT2D eigenvalue weighted by Crippen LogP contribution is 2.34. The molecule has 1 heterocycles. The predicted octanol–water partition coefficient (Wildman–Crippen LogP) is 2.32. The Morgan fingerprint density at radius 3 is 2.55 bits per heavy atom. The van der Waals surface area contributed by atoms with E-state index in [9.17, 15) is 4.79 Å². The monoisotopic (exact) mass is 298 g/mol. The van der Waals surface area contributed by atoms with Gasteiger partial charge in [0.25, 0.3) is 0 Å². The van der Waals surface area contributed by atoms with Gasteiger partial charge in [-0.2, -0.15) is 0 Å². The molecule has 0 amide bonds. The van der Waals surface area contributed by atoms with Crippen LogP contribution in [0.2, 0.25) is 5.02 Å². The summed E-state index contributed by atoms with van der Waals surface area (Å²) >= 11 is 6.29. The van der Waals surface area contributed by atoms with Gasteiger partial charge in [-0.25, -0.2) is 4.79 Å². The minimum absolute atomic E-state index is 0.0675. The van der Waals surface area contributed by atoms with Crippen LogP contribution in [0.5, 0.6) is 0 Å². The number of nitrogens with two attached hydrogens (primary N) is 1. The van der Waals surface area contributed by atoms with Crippen molar-refractivity contribution in [1.29, 1.82) is 0 Å². The minimum atomic E-state index is -0.444. The lowest BCUT2D eigenvalue weighted by Crippen LogP contribution is -2.46. The Labute approximate surface area is 123 Å². The molecule has 0 unspecified atom stereocenters. The molecule has 0 spiro atoms. The van der Waals surface area contributed by atoms with Crippen molar-refractivity contribution in [3.63, 3.8) is 0 Å². The maximum Gasteiger partial charge on any atom is 0.340 e. The summed E-state index contributed by atoms with van der Waals surface area (Å²) in [5.41, 5.74) is 7.26. The van der Waals surface area contributed by atoms with Crippen molar-refractivity contribution >= 4 is 28.9 Å². The zero-order valence-electron chi connectivity index (χ0n) is 11.9. The fourth-order valence-electron chi connectivity index (χ4n) is 2.57. The number of benzene rings is 1. The molecule has 0 radical (unpaired) electrons. The predicted molar refractivity (Wildman–Crippen MR) is 79.4 cm³/mol. The molecule has 1 fully saturated rings. The van der Waals surface area contributed by atoms with Crippen molar-refractivity contribution in [2.24, 2.45) is 0 Å². The molecule has 1 aromatic rings. The van der Waals surface area contributed by atoms with Crippen molar-refractivity contribution < 1.29 is 14.3 Å². The van der Waals surface area contributed by atoms with Crippen LogP contribution >= 0.6 is 11.6 Å². The third kappa shape index (κ3) is 2.99. The van der Waals surface area contributed by atoms with Crippen molar-refractivity contribution in [2.45, 2.75) is 26.1 Å². The van der Waals surface area contributed by atoms with Crippen LogP contribution in [0.15, 0.2) is 12.1 Å². The molecule has 1 aliphatic heterocycles. The van der Waals surface area contributed by atoms with Crippen LogP contribution in [0.25, 0.3) is 0 Å². The summed E-state index contributed by atoms with van der Waals surface area (Å²) in [6.45, 7) is 5.31. The summed E-state index contributed by atoms with van der Waals surface area (Å²) < 4.78 is 10.5. The highest BCUT2D eigenvalue weighted by Gasteiger charge is 2.28. The number of methoxy groups -OCH3 is 1. The topological polar surface area (TPSA) is 64.8 Å². The third-order valence-corrected chi connectivity index (χ3v) is 3.51. The molecule has 0 saturated carbocycles. The van der Waals surface area contributed by atoms with Gasteiger partial charge in [-0.15, -0.1) is 0 Å². The molecular weight excluding hydrogens is 280 g/mol. The highest BCUT2D eigenvalue weighted by atomic mass is 35.5. The molecule has 0 aromatic heterocycles. The Kier molecular flexibility index (Phi) is 4.40. The van der Waals surface area contributed by atoms with Crippen molar-refractivity contribution in [1.82, 2.24) is 0 Å². The number of halogens is 1. The van der Waals surface area contributed by atoms with Crippen molar-refractivity contribution in [3.8, 4) is 0 Å². The normalized spacial score (nSPS) is 22.7. The van der Waals surface area contributed by atoms with Crippen LogP contribution in [0, 0.1) is 0 Å². The van der Waals surface area contributed by atoms with E-state index >= 15 is 0 Å². The quantitative estimate of drug-likeness (QED) is 0.670. The van der Waals surface area contributed by atoms with Crippen LogP contribution in [-0.4, -0.2) is 38.4 Å². The SMILES string of the molecule is COC(=O)c1cc(N)cc(Cl)c1N1C[C@@H](C)O[C@@H](C)C1. The van der Waals surface area contributed by atoms with Gasteiger partial charge in [-0.3, -0.25) is 0 Å². The Bertz CT molecular complexity index is 511. The maximum atomic E-state index is 12.0. The summed E-state index contributed by atoms with van der Waals surface area (Å²) in [4.78, 5) is 14.0. The largest absolute Gasteiger partial charge is 0.465 e. The fraction of sp³-hybridized carbons (Fsp3) is 0.500. The molecule has 110 valence electrons. The average molecular weight is 299 g/mol. The average Bonchev–Trinajstić information content (AvgIpc) is 2.35. The van der Waals surface area contributed by atoms with Gasteiger partial charge in [0.15, 0.2) is 0 Å². The molecule has 2 rings (SSSR count). The van der Waals surface area contributed by atoms with E-state index in [1.807, 2.05) is 18.7 Å². The van der Waals surface area contributed by atoms with Gasteiger partial charge in [0.05, 0.1) is 35.6 Å². The van der Waals surface area contributed by atoms with Gasteiger partial charge in [-0.1, -0.05) is 11.6 Å². The molecule has 2 N–H and O–H groups in total. The van der Waals surface area contributed by atoms with E-state index in [0.29, 0.717) is 35.1 Å². The molecule has 20 heavy (non-hydrogen) atoms. The van der Waals surface area contributed by atoms with Crippen LogP contribution in [0.3, 0.4) is 0 Å². The van der Waals surface area contributed by atoms with Crippen LogP contribution in [0.1, 0.15) is 24.2 Å². The molecule has 1 saturated heterocycles. The number of carbonyl (C=O) groups excluding carboxylic acids is 1. The van der Waals surface area contributed by atoms with Gasteiger partial charge in [0, 0.05) is 18.8 Å². The first-order valence-electron chi connectivity index (χ1n) is 6.50. The smallest absolute Gasteiger partial charge is 0.340 e. The number of carbonyl (C=O) groups is 1. The summed E-state index contributed by atoms with van der Waals surface area (Å²) in [6.07, 6.45) is 0.135. The fourth-order valence-corrected chi connectivity index (χ4v) is 2.91. The molecule has 6 heteroatoms. The number of hydrogen-bond acceptors (Lipinski definition) is 5. The number of ether oxygens (including phenoxy) is 2. The lowest BCUT2D eigenvalue weighted by Gasteiger charge is -2.38. The molecule has 1 aliphatic rings. The molecule has 0 bridgehead atoms. The molecule has 2 atom stereocenters. The molecule has 0 aliphatic carbocycles. The number of morpholine rings is 1. The second-order valence-corrected chi connectivity index (χ2v) is 5.46. The second kappa shape index (κ2) is 5.89. The molecule has 1 aromatic carbocycles. The maximum absolute atomic E-state index is 12.0. The number of rotatable bonds is 2. The number of hydrogen-bond donors (Lipinski definition) is 1. The van der Waals surface area contributed by atoms with E-state index in [-0.39, 0.29) is 12.2 Å². The molecular formula is C14H19ClN2O3. The third-order valence-electron chi connectivity index (χ3n) is 3.23. The van der Waals surface area contributed by atoms with E-state index in [2.05, 4.69) is 0 Å². The van der Waals surface area contributed by atoms with Gasteiger partial charge in [0.2, 0.25) is 0 Å². The highest BCUT2D eigenvalue weighted by molar-refractivity contribution is 6.34. The van der Waals surface area contributed by atoms with Gasteiger partial charge < -0.3 is 20.1 Å². The van der Waals surface area contributed by atoms with E-state index in [0.717, 1.165) is 0 Å². The summed E-state index contributed by atoms with van der Waals surface area (Å²) in [6, 6.07) is 3.24. The number of nitrogens with zero attached hydrogens (tertiary/aromatic N) is 1. The van der Waals surface area contributed by atoms with Crippen LogP contribution < -0.4 is 10.6 Å². The van der Waals surface area contributed by atoms with E-state index in [1.54, 1.807) is 12.1 Å². The number of nitrogen functional groups attached to an aromatic ring is 1. The first kappa shape index (κ1) is 14.9. The second-order valence-electron chi connectivity index (χ2n) is 5.05. The van der Waals surface area contributed by atoms with Crippen molar-refractivity contribution in [3.05, 3.63) is 22.7 Å². The summed E-state index contributed by atoms with van der Waals surface area (Å²) in [5, 5.41) is 0.451. The number of anilines is 2. The molecule has 5 nitrogen and oxygen atoms in total. The Morgan fingerprint density at radius 2 is 2.00 bits per heavy atom.